The summed E-state index contributed by atoms with van der Waals surface area (Å²) in [6.07, 6.45) is 24.5. The number of carbonyl (C=O) groups is 2. The van der Waals surface area contributed by atoms with Crippen LogP contribution in [0, 0.1) is 0 Å². The highest BCUT2D eigenvalue weighted by Crippen LogP contribution is 2.32. The zero-order valence-corrected chi connectivity index (χ0v) is 23.9. The average molecular weight is 527 g/mol. The Balaban J connectivity index is 1.61. The molecule has 5 heteroatoms. The van der Waals surface area contributed by atoms with Crippen molar-refractivity contribution < 1.29 is 23.8 Å². The van der Waals surface area contributed by atoms with Gasteiger partial charge in [-0.2, -0.15) is 0 Å². The molecule has 0 radical (unpaired) electrons. The zero-order chi connectivity index (χ0) is 27.3. The molecule has 1 saturated heterocycles. The van der Waals surface area contributed by atoms with E-state index in [1.165, 1.54) is 84.0 Å². The third-order valence-electron chi connectivity index (χ3n) is 6.96. The Kier molecular flexibility index (Phi) is 16.4. The number of esters is 2. The van der Waals surface area contributed by atoms with Gasteiger partial charge >= 0.3 is 11.9 Å². The molecule has 212 valence electrons. The molecular formula is C33H50O5. The lowest BCUT2D eigenvalue weighted by Crippen LogP contribution is -2.40. The monoisotopic (exact) mass is 526 g/mol. The van der Waals surface area contributed by atoms with Gasteiger partial charge in [0.05, 0.1) is 13.2 Å². The summed E-state index contributed by atoms with van der Waals surface area (Å²) in [5.41, 5.74) is 0.752. The quantitative estimate of drug-likeness (QED) is 0.0696. The summed E-state index contributed by atoms with van der Waals surface area (Å²) in [5, 5.41) is 0. The predicted molar refractivity (Wildman–Crippen MR) is 154 cm³/mol. The molecule has 0 spiro atoms. The van der Waals surface area contributed by atoms with Gasteiger partial charge in [0.25, 0.3) is 0 Å². The first kappa shape index (κ1) is 31.8. The van der Waals surface area contributed by atoms with Crippen molar-refractivity contribution in [3.05, 3.63) is 59.7 Å². The van der Waals surface area contributed by atoms with Gasteiger partial charge in [-0.3, -0.25) is 4.79 Å². The number of ether oxygens (including phenoxy) is 3. The van der Waals surface area contributed by atoms with Gasteiger partial charge in [0.2, 0.25) is 0 Å². The molecule has 1 aromatic carbocycles. The molecular weight excluding hydrogens is 476 g/mol. The van der Waals surface area contributed by atoms with E-state index in [1.54, 1.807) is 0 Å². The molecule has 1 aromatic rings. The summed E-state index contributed by atoms with van der Waals surface area (Å²) in [5.74, 6) is -0.720. The Morgan fingerprint density at radius 1 is 0.868 bits per heavy atom. The summed E-state index contributed by atoms with van der Waals surface area (Å²) >= 11 is 0. The van der Waals surface area contributed by atoms with Crippen LogP contribution in [0.4, 0.5) is 0 Å². The Hall–Kier alpha value is -2.40. The second-order valence-corrected chi connectivity index (χ2v) is 10.6. The van der Waals surface area contributed by atoms with Crippen LogP contribution < -0.4 is 0 Å². The van der Waals surface area contributed by atoms with E-state index in [-0.39, 0.29) is 19.2 Å². The zero-order valence-electron chi connectivity index (χ0n) is 23.9. The highest BCUT2D eigenvalue weighted by Gasteiger charge is 2.45. The van der Waals surface area contributed by atoms with Crippen molar-refractivity contribution in [3.8, 4) is 0 Å². The lowest BCUT2D eigenvalue weighted by molar-refractivity contribution is -0.168. The van der Waals surface area contributed by atoms with Crippen LogP contribution in [-0.2, 0) is 30.4 Å². The van der Waals surface area contributed by atoms with Gasteiger partial charge in [-0.1, -0.05) is 107 Å². The molecule has 1 aliphatic heterocycles. The van der Waals surface area contributed by atoms with Gasteiger partial charge < -0.3 is 14.2 Å². The Morgan fingerprint density at radius 3 is 2.11 bits per heavy atom. The molecule has 1 fully saturated rings. The number of rotatable bonds is 21. The molecule has 0 bridgehead atoms. The number of cyclic esters (lactones) is 1. The van der Waals surface area contributed by atoms with Gasteiger partial charge in [0.1, 0.15) is 6.61 Å². The SMILES string of the molecule is CCCCCCCC/C=C\CCCCCCC/C=C1\CC(COCc2ccccc2)(COC(C)=O)OC1=O. The smallest absolute Gasteiger partial charge is 0.334 e. The van der Waals surface area contributed by atoms with Crippen molar-refractivity contribution in [3.63, 3.8) is 0 Å². The Labute approximate surface area is 231 Å². The van der Waals surface area contributed by atoms with E-state index in [9.17, 15) is 9.59 Å². The van der Waals surface area contributed by atoms with E-state index in [1.807, 2.05) is 36.4 Å². The van der Waals surface area contributed by atoms with Crippen LogP contribution in [-0.4, -0.2) is 30.8 Å². The van der Waals surface area contributed by atoms with E-state index in [4.69, 9.17) is 14.2 Å². The third kappa shape index (κ3) is 13.9. The molecule has 1 unspecified atom stereocenters. The number of unbranched alkanes of at least 4 members (excludes halogenated alkanes) is 12. The molecule has 38 heavy (non-hydrogen) atoms. The average Bonchev–Trinajstić information content (AvgIpc) is 3.23. The van der Waals surface area contributed by atoms with Gasteiger partial charge in [0, 0.05) is 18.9 Å². The number of hydrogen-bond acceptors (Lipinski definition) is 5. The van der Waals surface area contributed by atoms with Crippen LogP contribution >= 0.6 is 0 Å². The molecule has 0 aromatic heterocycles. The lowest BCUT2D eigenvalue weighted by atomic mass is 9.98. The second-order valence-electron chi connectivity index (χ2n) is 10.6. The van der Waals surface area contributed by atoms with Gasteiger partial charge in [-0.15, -0.1) is 0 Å². The van der Waals surface area contributed by atoms with Crippen molar-refractivity contribution in [1.29, 1.82) is 0 Å². The van der Waals surface area contributed by atoms with E-state index in [2.05, 4.69) is 19.1 Å². The van der Waals surface area contributed by atoms with Crippen LogP contribution in [0.1, 0.15) is 116 Å². The van der Waals surface area contributed by atoms with Crippen molar-refractivity contribution in [2.75, 3.05) is 13.2 Å². The number of benzene rings is 1. The lowest BCUT2D eigenvalue weighted by Gasteiger charge is -2.26. The number of hydrogen-bond donors (Lipinski definition) is 0. The molecule has 0 aliphatic carbocycles. The fourth-order valence-electron chi connectivity index (χ4n) is 4.73. The second kappa shape index (κ2) is 19.6. The topological polar surface area (TPSA) is 61.8 Å². The molecule has 1 heterocycles. The standard InChI is InChI=1S/C33H50O5/c1-3-4-5-6-7-8-9-10-11-12-13-14-15-16-17-21-24-31-25-33(38-32(31)35,28-37-29(2)34)27-36-26-30-22-19-18-20-23-30/h10-11,18-20,22-24H,3-9,12-17,21,25-28H2,1-2H3/b11-10-,31-24+. The molecule has 2 rings (SSSR count). The normalized spacial score (nSPS) is 18.4. The van der Waals surface area contributed by atoms with Gasteiger partial charge in [-0.25, -0.2) is 4.79 Å². The Bertz CT molecular complexity index is 844. The predicted octanol–water partition coefficient (Wildman–Crippen LogP) is 8.42. The van der Waals surface area contributed by atoms with E-state index in [0.717, 1.165) is 18.4 Å². The fraction of sp³-hybridized carbons (Fsp3) is 0.636. The highest BCUT2D eigenvalue weighted by molar-refractivity contribution is 5.91. The summed E-state index contributed by atoms with van der Waals surface area (Å²) in [6.45, 7) is 4.23. The van der Waals surface area contributed by atoms with Crippen LogP contribution in [0.25, 0.3) is 0 Å². The van der Waals surface area contributed by atoms with Crippen LogP contribution in [0.5, 0.6) is 0 Å². The van der Waals surface area contributed by atoms with E-state index in [0.29, 0.717) is 18.6 Å². The minimum Gasteiger partial charge on any atom is -0.462 e. The highest BCUT2D eigenvalue weighted by atomic mass is 16.6. The number of allylic oxidation sites excluding steroid dienone is 3. The molecule has 0 amide bonds. The molecule has 1 atom stereocenters. The summed E-state index contributed by atoms with van der Waals surface area (Å²) in [6, 6.07) is 9.84. The molecule has 5 nitrogen and oxygen atoms in total. The summed E-state index contributed by atoms with van der Waals surface area (Å²) in [7, 11) is 0. The van der Waals surface area contributed by atoms with E-state index >= 15 is 0 Å². The maximum absolute atomic E-state index is 12.6. The maximum Gasteiger partial charge on any atom is 0.334 e. The van der Waals surface area contributed by atoms with Crippen molar-refractivity contribution in [2.45, 2.75) is 122 Å². The molecule has 1 aliphatic rings. The Morgan fingerprint density at radius 2 is 1.47 bits per heavy atom. The third-order valence-corrected chi connectivity index (χ3v) is 6.96. The summed E-state index contributed by atoms with van der Waals surface area (Å²) < 4.78 is 16.8. The minimum absolute atomic E-state index is 0.00755. The van der Waals surface area contributed by atoms with Gasteiger partial charge in [-0.05, 0) is 44.1 Å². The fourth-order valence-corrected chi connectivity index (χ4v) is 4.73. The first-order valence-corrected chi connectivity index (χ1v) is 14.9. The first-order chi connectivity index (χ1) is 18.5. The molecule has 0 N–H and O–H groups in total. The van der Waals surface area contributed by atoms with E-state index < -0.39 is 11.6 Å². The largest absolute Gasteiger partial charge is 0.462 e. The maximum atomic E-state index is 12.6. The van der Waals surface area contributed by atoms with Crippen molar-refractivity contribution in [1.82, 2.24) is 0 Å². The first-order valence-electron chi connectivity index (χ1n) is 14.9. The van der Waals surface area contributed by atoms with Gasteiger partial charge in [0.15, 0.2) is 5.60 Å². The minimum atomic E-state index is -0.952. The van der Waals surface area contributed by atoms with Crippen molar-refractivity contribution >= 4 is 11.9 Å². The van der Waals surface area contributed by atoms with Crippen molar-refractivity contribution in [2.24, 2.45) is 0 Å². The molecule has 0 saturated carbocycles. The number of carbonyl (C=O) groups excluding carboxylic acids is 2. The van der Waals surface area contributed by atoms with Crippen LogP contribution in [0.15, 0.2) is 54.1 Å². The van der Waals surface area contributed by atoms with Crippen LogP contribution in [0.3, 0.4) is 0 Å². The van der Waals surface area contributed by atoms with Crippen LogP contribution in [0.2, 0.25) is 0 Å². The summed E-state index contributed by atoms with van der Waals surface area (Å²) in [4.78, 5) is 24.0.